The van der Waals surface area contributed by atoms with Gasteiger partial charge in [0.25, 0.3) is 0 Å². The summed E-state index contributed by atoms with van der Waals surface area (Å²) in [5, 5.41) is -2.64. The van der Waals surface area contributed by atoms with Crippen LogP contribution in [0.3, 0.4) is 0 Å². The molecule has 0 spiro atoms. The molecule has 10 heteroatoms. The number of carbonyl (C=O) groups is 4. The Morgan fingerprint density at radius 1 is 0.769 bits per heavy atom. The normalized spacial score (nSPS) is 11.6. The number of carbonyl (C=O) groups excluding carboxylic acids is 4. The number of hydrogen-bond acceptors (Lipinski definition) is 8. The molecule has 142 valence electrons. The molecule has 1 aromatic rings. The zero-order chi connectivity index (χ0) is 20.1. The molecule has 0 saturated carbocycles. The van der Waals surface area contributed by atoms with Crippen LogP contribution in [0, 0.1) is 0 Å². The van der Waals surface area contributed by atoms with E-state index in [0.29, 0.717) is 11.1 Å². The standard InChI is InChI=1S/C16H16Cl2O8/c1-15(2,25-23-13(21)11(17)19)9-6-5-7-10(8-9)16(3,4)26-24-14(22)12(18)20/h5-8H,1-4H3. The molecule has 0 radical (unpaired) electrons. The van der Waals surface area contributed by atoms with Crippen molar-refractivity contribution in [2.75, 3.05) is 0 Å². The van der Waals surface area contributed by atoms with Crippen molar-refractivity contribution in [2.24, 2.45) is 0 Å². The van der Waals surface area contributed by atoms with Crippen LogP contribution in [0.2, 0.25) is 0 Å². The molecule has 0 heterocycles. The van der Waals surface area contributed by atoms with Crippen molar-refractivity contribution in [3.05, 3.63) is 35.4 Å². The molecule has 0 amide bonds. The van der Waals surface area contributed by atoms with Gasteiger partial charge < -0.3 is 0 Å². The molecule has 0 aliphatic carbocycles. The molecular formula is C16H16Cl2O8. The van der Waals surface area contributed by atoms with Gasteiger partial charge in [-0.15, -0.1) is 0 Å². The van der Waals surface area contributed by atoms with Gasteiger partial charge in [0.15, 0.2) is 0 Å². The predicted molar refractivity (Wildman–Crippen MR) is 88.6 cm³/mol. The Morgan fingerprint density at radius 3 is 1.42 bits per heavy atom. The second kappa shape index (κ2) is 8.59. The van der Waals surface area contributed by atoms with Crippen molar-refractivity contribution in [2.45, 2.75) is 38.9 Å². The lowest BCUT2D eigenvalue weighted by Crippen LogP contribution is -2.28. The van der Waals surface area contributed by atoms with Crippen molar-refractivity contribution in [3.8, 4) is 0 Å². The Balaban J connectivity index is 2.94. The molecule has 0 atom stereocenters. The Bertz CT molecular complexity index is 669. The fraction of sp³-hybridized carbons (Fsp3) is 0.375. The van der Waals surface area contributed by atoms with Crippen molar-refractivity contribution >= 4 is 45.6 Å². The van der Waals surface area contributed by atoms with Crippen LogP contribution in [-0.2, 0) is 49.9 Å². The molecule has 0 bridgehead atoms. The molecule has 1 rings (SSSR count). The molecule has 0 N–H and O–H groups in total. The van der Waals surface area contributed by atoms with E-state index in [9.17, 15) is 19.2 Å². The minimum atomic E-state index is -1.35. The van der Waals surface area contributed by atoms with Gasteiger partial charge in [0, 0.05) is 0 Å². The SMILES string of the molecule is CC(C)(OOC(=O)C(=O)Cl)c1cccc(C(C)(C)OOC(=O)C(=O)Cl)c1. The van der Waals surface area contributed by atoms with Gasteiger partial charge in [0.1, 0.15) is 11.2 Å². The van der Waals surface area contributed by atoms with Gasteiger partial charge in [0.2, 0.25) is 0 Å². The van der Waals surface area contributed by atoms with E-state index >= 15 is 0 Å². The summed E-state index contributed by atoms with van der Waals surface area (Å²) in [5.41, 5.74) is -1.20. The second-order valence-electron chi connectivity index (χ2n) is 6.06. The van der Waals surface area contributed by atoms with E-state index in [1.165, 1.54) is 0 Å². The van der Waals surface area contributed by atoms with Gasteiger partial charge in [-0.05, 0) is 68.1 Å². The first-order valence-electron chi connectivity index (χ1n) is 7.17. The minimum absolute atomic E-state index is 0.543. The average molecular weight is 407 g/mol. The lowest BCUT2D eigenvalue weighted by Gasteiger charge is -2.27. The summed E-state index contributed by atoms with van der Waals surface area (Å²) in [6, 6.07) is 6.63. The smallest absolute Gasteiger partial charge is 0.287 e. The average Bonchev–Trinajstić information content (AvgIpc) is 2.57. The van der Waals surface area contributed by atoms with E-state index in [4.69, 9.17) is 33.0 Å². The third kappa shape index (κ3) is 6.06. The lowest BCUT2D eigenvalue weighted by molar-refractivity contribution is -0.327. The molecule has 26 heavy (non-hydrogen) atoms. The number of benzene rings is 1. The Labute approximate surface area is 159 Å². The summed E-state index contributed by atoms with van der Waals surface area (Å²) in [5.74, 6) is -2.70. The molecular weight excluding hydrogens is 391 g/mol. The van der Waals surface area contributed by atoms with Crippen LogP contribution < -0.4 is 0 Å². The van der Waals surface area contributed by atoms with Crippen molar-refractivity contribution in [3.63, 3.8) is 0 Å². The monoisotopic (exact) mass is 406 g/mol. The van der Waals surface area contributed by atoms with Crippen LogP contribution in [-0.4, -0.2) is 22.4 Å². The van der Waals surface area contributed by atoms with Crippen molar-refractivity contribution < 1.29 is 38.7 Å². The highest BCUT2D eigenvalue weighted by atomic mass is 35.5. The quantitative estimate of drug-likeness (QED) is 0.280. The highest BCUT2D eigenvalue weighted by Gasteiger charge is 2.31. The Morgan fingerprint density at radius 2 is 1.12 bits per heavy atom. The minimum Gasteiger partial charge on any atom is -0.287 e. The van der Waals surface area contributed by atoms with Gasteiger partial charge >= 0.3 is 22.4 Å². The fourth-order valence-electron chi connectivity index (χ4n) is 1.71. The lowest BCUT2D eigenvalue weighted by atomic mass is 9.91. The number of halogens is 2. The van der Waals surface area contributed by atoms with E-state index in [1.807, 2.05) is 0 Å². The summed E-state index contributed by atoms with van der Waals surface area (Å²) < 4.78 is 0. The van der Waals surface area contributed by atoms with Crippen LogP contribution in [0.4, 0.5) is 0 Å². The van der Waals surface area contributed by atoms with Gasteiger partial charge in [-0.3, -0.25) is 19.4 Å². The Hall–Kier alpha value is -2.00. The maximum Gasteiger partial charge on any atom is 0.424 e. The van der Waals surface area contributed by atoms with Crippen LogP contribution in [0.25, 0.3) is 0 Å². The topological polar surface area (TPSA) is 105 Å². The number of hydrogen-bond donors (Lipinski definition) is 0. The first-order chi connectivity index (χ1) is 11.9. The van der Waals surface area contributed by atoms with E-state index in [1.54, 1.807) is 52.0 Å². The molecule has 0 fully saturated rings. The maximum atomic E-state index is 11.1. The van der Waals surface area contributed by atoms with Crippen molar-refractivity contribution in [1.29, 1.82) is 0 Å². The molecule has 0 unspecified atom stereocenters. The van der Waals surface area contributed by atoms with Crippen molar-refractivity contribution in [1.82, 2.24) is 0 Å². The third-order valence-corrected chi connectivity index (χ3v) is 3.53. The van der Waals surface area contributed by atoms with Gasteiger partial charge in [-0.25, -0.2) is 9.59 Å². The van der Waals surface area contributed by atoms with Crippen LogP contribution in [0.15, 0.2) is 24.3 Å². The highest BCUT2D eigenvalue weighted by molar-refractivity contribution is 6.80. The van der Waals surface area contributed by atoms with E-state index in [0.717, 1.165) is 0 Å². The summed E-state index contributed by atoms with van der Waals surface area (Å²) in [7, 11) is 0. The third-order valence-electron chi connectivity index (χ3n) is 3.23. The van der Waals surface area contributed by atoms with E-state index < -0.39 is 33.6 Å². The van der Waals surface area contributed by atoms with E-state index in [2.05, 4.69) is 9.78 Å². The second-order valence-corrected chi connectivity index (χ2v) is 6.74. The Kier molecular flexibility index (Phi) is 7.28. The molecule has 1 aromatic carbocycles. The first kappa shape index (κ1) is 22.0. The van der Waals surface area contributed by atoms with E-state index in [-0.39, 0.29) is 0 Å². The van der Waals surface area contributed by atoms with Gasteiger partial charge in [-0.2, -0.15) is 9.78 Å². The maximum absolute atomic E-state index is 11.1. The highest BCUT2D eigenvalue weighted by Crippen LogP contribution is 2.31. The predicted octanol–water partition coefficient (Wildman–Crippen LogP) is 2.64. The first-order valence-corrected chi connectivity index (χ1v) is 7.92. The molecule has 0 aliphatic rings. The van der Waals surface area contributed by atoms with Crippen LogP contribution in [0.5, 0.6) is 0 Å². The molecule has 0 aromatic heterocycles. The van der Waals surface area contributed by atoms with Gasteiger partial charge in [-0.1, -0.05) is 18.2 Å². The van der Waals surface area contributed by atoms with Crippen LogP contribution in [0.1, 0.15) is 38.8 Å². The van der Waals surface area contributed by atoms with Gasteiger partial charge in [0.05, 0.1) is 0 Å². The summed E-state index contributed by atoms with van der Waals surface area (Å²) in [6.45, 7) is 6.33. The summed E-state index contributed by atoms with van der Waals surface area (Å²) in [4.78, 5) is 62.3. The summed E-state index contributed by atoms with van der Waals surface area (Å²) >= 11 is 9.97. The zero-order valence-corrected chi connectivity index (χ0v) is 15.8. The number of rotatable bonds is 8. The molecule has 0 aliphatic heterocycles. The summed E-state index contributed by atoms with van der Waals surface area (Å²) in [6.07, 6.45) is 0. The van der Waals surface area contributed by atoms with Crippen LogP contribution >= 0.6 is 23.2 Å². The zero-order valence-electron chi connectivity index (χ0n) is 14.3. The fourth-order valence-corrected chi connectivity index (χ4v) is 1.78. The largest absolute Gasteiger partial charge is 0.424 e. The molecule has 8 nitrogen and oxygen atoms in total. The molecule has 0 saturated heterocycles.